The fraction of sp³-hybridized carbons (Fsp3) is 0.576. The Morgan fingerprint density at radius 2 is 1.60 bits per heavy atom. The van der Waals surface area contributed by atoms with Crippen molar-refractivity contribution < 1.29 is 40.7 Å². The molecule has 2 aromatic rings. The molecule has 14 heteroatoms. The van der Waals surface area contributed by atoms with Crippen molar-refractivity contribution in [3.63, 3.8) is 0 Å². The summed E-state index contributed by atoms with van der Waals surface area (Å²) >= 11 is 0. The number of nitrogens with zero attached hydrogens (tertiary/aromatic N) is 4. The molecular weight excluding hydrogens is 640 g/mol. The molecule has 0 spiro atoms. The van der Waals surface area contributed by atoms with Gasteiger partial charge in [0.2, 0.25) is 15.9 Å². The number of benzene rings is 2. The SMILES string of the molecule is CCS(=O)(=O)N1CCN(CCN2C[C@H](C(=O)c3cccc(O)c3)[C@H](c3cccc(F)c3C)[C@@H](C(=O)N3CCC[C@H]3C(F)(F)F)C2)CC1. The maximum absolute atomic E-state index is 15.0. The number of sulfonamides is 1. The van der Waals surface area contributed by atoms with E-state index in [1.807, 2.05) is 4.90 Å². The number of phenols is 1. The van der Waals surface area contributed by atoms with Gasteiger partial charge in [-0.3, -0.25) is 14.5 Å². The van der Waals surface area contributed by atoms with Crippen LogP contribution < -0.4 is 0 Å². The minimum absolute atomic E-state index is 0.0168. The molecule has 0 radical (unpaired) electrons. The standard InChI is InChI=1S/C33H42F4N4O5S/c1-3-47(45,46)40-17-15-38(16-18-40)13-14-39-20-26(31(43)23-7-4-8-24(42)19-23)30(25-9-5-10-28(34)22(25)2)27(21-39)32(44)41-12-6-11-29(41)33(35,36)37/h4-5,7-10,19,26-27,29-30,42H,3,6,11-18,20-21H2,1-2H3/t26-,27-,29-,30-/m0/s1. The van der Waals surface area contributed by atoms with E-state index in [4.69, 9.17) is 0 Å². The first-order valence-corrected chi connectivity index (χ1v) is 17.7. The molecule has 0 saturated carbocycles. The van der Waals surface area contributed by atoms with Crippen LogP contribution in [0.15, 0.2) is 42.5 Å². The second kappa shape index (κ2) is 14.2. The topological polar surface area (TPSA) is 101 Å². The summed E-state index contributed by atoms with van der Waals surface area (Å²) in [6.45, 7) is 5.84. The van der Waals surface area contributed by atoms with Crippen molar-refractivity contribution in [1.29, 1.82) is 0 Å². The molecule has 3 saturated heterocycles. The van der Waals surface area contributed by atoms with Crippen molar-refractivity contribution in [2.75, 3.05) is 64.7 Å². The number of phenolic OH excluding ortho intramolecular Hbond substituents is 1. The third-order valence-corrected chi connectivity index (χ3v) is 11.8. The summed E-state index contributed by atoms with van der Waals surface area (Å²) in [6, 6.07) is 8.24. The first-order valence-electron chi connectivity index (χ1n) is 16.1. The first-order chi connectivity index (χ1) is 22.2. The lowest BCUT2D eigenvalue weighted by molar-refractivity contribution is -0.185. The Bertz CT molecular complexity index is 1560. The van der Waals surface area contributed by atoms with Crippen molar-refractivity contribution in [3.8, 4) is 5.75 Å². The Morgan fingerprint density at radius 3 is 2.26 bits per heavy atom. The molecule has 9 nitrogen and oxygen atoms in total. The van der Waals surface area contributed by atoms with Crippen molar-refractivity contribution in [1.82, 2.24) is 19.0 Å². The number of likely N-dealkylation sites (tertiary alicyclic amines) is 2. The fourth-order valence-electron chi connectivity index (χ4n) is 7.37. The van der Waals surface area contributed by atoms with Gasteiger partial charge in [0.25, 0.3) is 0 Å². The molecule has 3 aliphatic heterocycles. The third-order valence-electron chi connectivity index (χ3n) is 9.97. The van der Waals surface area contributed by atoms with Crippen molar-refractivity contribution in [3.05, 3.63) is 65.0 Å². The van der Waals surface area contributed by atoms with E-state index in [0.717, 1.165) is 4.90 Å². The highest BCUT2D eigenvalue weighted by atomic mass is 32.2. The molecular formula is C33H42F4N4O5S. The van der Waals surface area contributed by atoms with Gasteiger partial charge in [0.15, 0.2) is 5.78 Å². The normalized spacial score (nSPS) is 25.3. The zero-order chi connectivity index (χ0) is 34.1. The van der Waals surface area contributed by atoms with Gasteiger partial charge in [-0.05, 0) is 56.0 Å². The van der Waals surface area contributed by atoms with Crippen LogP contribution in [0.4, 0.5) is 17.6 Å². The fourth-order valence-corrected chi connectivity index (χ4v) is 8.46. The second-order valence-corrected chi connectivity index (χ2v) is 15.0. The second-order valence-electron chi connectivity index (χ2n) is 12.7. The molecule has 5 rings (SSSR count). The van der Waals surface area contributed by atoms with Gasteiger partial charge >= 0.3 is 6.18 Å². The Kier molecular flexibility index (Phi) is 10.6. The van der Waals surface area contributed by atoms with Gasteiger partial charge in [0.1, 0.15) is 17.6 Å². The van der Waals surface area contributed by atoms with Crippen LogP contribution in [-0.4, -0.2) is 121 Å². The summed E-state index contributed by atoms with van der Waals surface area (Å²) in [4.78, 5) is 33.4. The molecule has 4 atom stereocenters. The average molecular weight is 683 g/mol. The maximum Gasteiger partial charge on any atom is 0.408 e. The van der Waals surface area contributed by atoms with E-state index >= 15 is 0 Å². The van der Waals surface area contributed by atoms with E-state index in [1.165, 1.54) is 40.7 Å². The largest absolute Gasteiger partial charge is 0.508 e. The molecule has 0 bridgehead atoms. The number of aromatic hydroxyl groups is 1. The number of piperazine rings is 1. The zero-order valence-corrected chi connectivity index (χ0v) is 27.4. The number of piperidine rings is 1. The summed E-state index contributed by atoms with van der Waals surface area (Å²) in [7, 11) is -3.31. The molecule has 1 amide bonds. The number of rotatable bonds is 9. The lowest BCUT2D eigenvalue weighted by Crippen LogP contribution is -2.57. The summed E-state index contributed by atoms with van der Waals surface area (Å²) in [5.41, 5.74) is 0.813. The van der Waals surface area contributed by atoms with Gasteiger partial charge in [0.05, 0.1) is 11.7 Å². The van der Waals surface area contributed by atoms with E-state index in [-0.39, 0.29) is 55.1 Å². The lowest BCUT2D eigenvalue weighted by Gasteiger charge is -2.45. The van der Waals surface area contributed by atoms with Crippen molar-refractivity contribution >= 4 is 21.7 Å². The zero-order valence-electron chi connectivity index (χ0n) is 26.6. The van der Waals surface area contributed by atoms with E-state index in [1.54, 1.807) is 19.9 Å². The number of carbonyl (C=O) groups excluding carboxylic acids is 2. The highest BCUT2D eigenvalue weighted by Crippen LogP contribution is 2.44. The van der Waals surface area contributed by atoms with Crippen LogP contribution in [0.2, 0.25) is 0 Å². The van der Waals surface area contributed by atoms with Crippen molar-refractivity contribution in [2.45, 2.75) is 44.8 Å². The quantitative estimate of drug-likeness (QED) is 0.317. The van der Waals surface area contributed by atoms with Gasteiger partial charge < -0.3 is 14.9 Å². The van der Waals surface area contributed by atoms with E-state index < -0.39 is 57.5 Å². The number of amides is 1. The molecule has 0 aliphatic carbocycles. The Balaban J connectivity index is 1.48. The number of hydrogen-bond acceptors (Lipinski definition) is 7. The highest BCUT2D eigenvalue weighted by Gasteiger charge is 2.52. The number of carbonyl (C=O) groups is 2. The van der Waals surface area contributed by atoms with Crippen LogP contribution in [0.25, 0.3) is 0 Å². The first kappa shape index (κ1) is 35.2. The smallest absolute Gasteiger partial charge is 0.408 e. The highest BCUT2D eigenvalue weighted by molar-refractivity contribution is 7.89. The number of halogens is 4. The Labute approximate surface area is 273 Å². The molecule has 0 aromatic heterocycles. The summed E-state index contributed by atoms with van der Waals surface area (Å²) in [5.74, 6) is -4.70. The number of hydrogen-bond donors (Lipinski definition) is 1. The molecule has 3 fully saturated rings. The minimum atomic E-state index is -4.62. The van der Waals surface area contributed by atoms with E-state index in [2.05, 4.69) is 4.90 Å². The van der Waals surface area contributed by atoms with Gasteiger partial charge in [-0.25, -0.2) is 12.8 Å². The lowest BCUT2D eigenvalue weighted by atomic mass is 9.69. The van der Waals surface area contributed by atoms with Crippen LogP contribution in [0.1, 0.15) is 47.2 Å². The van der Waals surface area contributed by atoms with E-state index in [0.29, 0.717) is 44.8 Å². The summed E-state index contributed by atoms with van der Waals surface area (Å²) < 4.78 is 83.3. The van der Waals surface area contributed by atoms with E-state index in [9.17, 15) is 40.7 Å². The monoisotopic (exact) mass is 682 g/mol. The van der Waals surface area contributed by atoms with Crippen LogP contribution in [0.5, 0.6) is 5.75 Å². The van der Waals surface area contributed by atoms with Crippen LogP contribution in [0.3, 0.4) is 0 Å². The molecule has 3 heterocycles. The van der Waals surface area contributed by atoms with Crippen LogP contribution in [0, 0.1) is 24.6 Å². The van der Waals surface area contributed by atoms with Gasteiger partial charge in [-0.1, -0.05) is 24.3 Å². The van der Waals surface area contributed by atoms with Crippen LogP contribution in [-0.2, 0) is 14.8 Å². The molecule has 0 unspecified atom stereocenters. The predicted octanol–water partition coefficient (Wildman–Crippen LogP) is 3.87. The molecule has 2 aromatic carbocycles. The molecule has 3 aliphatic rings. The molecule has 47 heavy (non-hydrogen) atoms. The van der Waals surface area contributed by atoms with Crippen LogP contribution >= 0.6 is 0 Å². The predicted molar refractivity (Wildman–Crippen MR) is 168 cm³/mol. The van der Waals surface area contributed by atoms with Gasteiger partial charge in [-0.2, -0.15) is 17.5 Å². The molecule has 1 N–H and O–H groups in total. The number of Topliss-reactive ketones (excluding diaryl/α,β-unsaturated/α-hetero) is 1. The Morgan fingerprint density at radius 1 is 0.936 bits per heavy atom. The van der Waals surface area contributed by atoms with Gasteiger partial charge in [-0.15, -0.1) is 0 Å². The third kappa shape index (κ3) is 7.65. The van der Waals surface area contributed by atoms with Crippen molar-refractivity contribution in [2.24, 2.45) is 11.8 Å². The van der Waals surface area contributed by atoms with Gasteiger partial charge in [0, 0.05) is 76.3 Å². The molecule has 258 valence electrons. The number of ketones is 1. The number of alkyl halides is 3. The average Bonchev–Trinajstić information content (AvgIpc) is 3.56. The maximum atomic E-state index is 15.0. The summed E-state index contributed by atoms with van der Waals surface area (Å²) in [5, 5.41) is 10.2. The summed E-state index contributed by atoms with van der Waals surface area (Å²) in [6.07, 6.45) is -4.63. The minimum Gasteiger partial charge on any atom is -0.508 e. The Hall–Kier alpha value is -3.07.